The molecule has 0 aliphatic rings. The summed E-state index contributed by atoms with van der Waals surface area (Å²) in [5, 5.41) is 2.34. The number of ether oxygens (including phenoxy) is 3. The average molecular weight is 324 g/mol. The minimum atomic E-state index is -0.685. The molecule has 23 heavy (non-hydrogen) atoms. The number of likely N-dealkylation sites (N-methyl/N-ethyl adjacent to an activating group) is 1. The van der Waals surface area contributed by atoms with Gasteiger partial charge in [0.1, 0.15) is 11.5 Å². The topological polar surface area (TPSA) is 94.2 Å². The Morgan fingerprint density at radius 1 is 1.04 bits per heavy atom. The maximum atomic E-state index is 11.5. The van der Waals surface area contributed by atoms with Crippen molar-refractivity contribution in [3.63, 3.8) is 0 Å². The largest absolute Gasteiger partial charge is 0.497 e. The minimum Gasteiger partial charge on any atom is -0.497 e. The summed E-state index contributed by atoms with van der Waals surface area (Å²) in [4.78, 5) is 35.5. The van der Waals surface area contributed by atoms with Gasteiger partial charge in [0.05, 0.1) is 13.7 Å². The number of benzene rings is 1. The molecule has 0 radical (unpaired) electrons. The van der Waals surface area contributed by atoms with Crippen molar-refractivity contribution in [3.8, 4) is 11.5 Å². The number of esters is 1. The number of rotatable bonds is 8. The Kier molecular flexibility index (Phi) is 7.38. The van der Waals surface area contributed by atoms with Gasteiger partial charge in [-0.1, -0.05) is 0 Å². The van der Waals surface area contributed by atoms with Gasteiger partial charge in [-0.2, -0.15) is 0 Å². The number of nitrogens with one attached hydrogen (secondary N) is 1. The molecule has 8 nitrogen and oxygen atoms in total. The third-order valence-corrected chi connectivity index (χ3v) is 2.72. The van der Waals surface area contributed by atoms with E-state index in [1.54, 1.807) is 45.5 Å². The zero-order valence-electron chi connectivity index (χ0n) is 13.3. The highest BCUT2D eigenvalue weighted by Gasteiger charge is 2.10. The summed E-state index contributed by atoms with van der Waals surface area (Å²) in [6, 6.07) is 6.67. The molecule has 0 bridgehead atoms. The van der Waals surface area contributed by atoms with Crippen molar-refractivity contribution >= 4 is 17.8 Å². The van der Waals surface area contributed by atoms with Gasteiger partial charge >= 0.3 is 5.97 Å². The standard InChI is InChI=1S/C15H20N2O6/c1-17(2)14(19)8-16-13(18)9-23-15(20)10-22-12-6-4-11(21-3)5-7-12/h4-7H,8-10H2,1-3H3,(H,16,18). The van der Waals surface area contributed by atoms with E-state index in [2.05, 4.69) is 5.32 Å². The molecular formula is C15H20N2O6. The van der Waals surface area contributed by atoms with Crippen molar-refractivity contribution in [2.75, 3.05) is 41.0 Å². The van der Waals surface area contributed by atoms with E-state index >= 15 is 0 Å². The van der Waals surface area contributed by atoms with Crippen LogP contribution < -0.4 is 14.8 Å². The number of methoxy groups -OCH3 is 1. The third-order valence-electron chi connectivity index (χ3n) is 2.72. The molecule has 0 aromatic heterocycles. The van der Waals surface area contributed by atoms with Crippen LogP contribution in [-0.2, 0) is 19.1 Å². The molecule has 2 amide bonds. The number of carbonyl (C=O) groups excluding carboxylic acids is 3. The minimum absolute atomic E-state index is 0.147. The molecule has 8 heteroatoms. The second kappa shape index (κ2) is 9.29. The van der Waals surface area contributed by atoms with Crippen LogP contribution in [0.1, 0.15) is 0 Å². The number of hydrogen-bond donors (Lipinski definition) is 1. The first-order valence-electron chi connectivity index (χ1n) is 6.81. The first kappa shape index (κ1) is 18.3. The lowest BCUT2D eigenvalue weighted by Crippen LogP contribution is -2.38. The van der Waals surface area contributed by atoms with E-state index in [-0.39, 0.29) is 19.1 Å². The Bertz CT molecular complexity index is 541. The first-order chi connectivity index (χ1) is 10.9. The highest BCUT2D eigenvalue weighted by molar-refractivity contribution is 5.86. The van der Waals surface area contributed by atoms with Crippen LogP contribution in [0.15, 0.2) is 24.3 Å². The molecule has 0 unspecified atom stereocenters. The first-order valence-corrected chi connectivity index (χ1v) is 6.81. The van der Waals surface area contributed by atoms with E-state index in [0.29, 0.717) is 11.5 Å². The van der Waals surface area contributed by atoms with Gasteiger partial charge < -0.3 is 24.4 Å². The summed E-state index contributed by atoms with van der Waals surface area (Å²) in [7, 11) is 4.69. The molecule has 0 saturated carbocycles. The van der Waals surface area contributed by atoms with E-state index < -0.39 is 18.5 Å². The Morgan fingerprint density at radius 2 is 1.65 bits per heavy atom. The molecule has 0 heterocycles. The van der Waals surface area contributed by atoms with Crippen LogP contribution in [0, 0.1) is 0 Å². The van der Waals surface area contributed by atoms with Gasteiger partial charge in [0.25, 0.3) is 5.91 Å². The molecule has 1 aromatic carbocycles. The second-order valence-electron chi connectivity index (χ2n) is 4.69. The van der Waals surface area contributed by atoms with Crippen molar-refractivity contribution < 1.29 is 28.6 Å². The van der Waals surface area contributed by atoms with E-state index in [0.717, 1.165) is 0 Å². The normalized spacial score (nSPS) is 9.70. The van der Waals surface area contributed by atoms with E-state index in [1.165, 1.54) is 4.90 Å². The van der Waals surface area contributed by atoms with Crippen molar-refractivity contribution in [1.82, 2.24) is 10.2 Å². The van der Waals surface area contributed by atoms with Crippen LogP contribution in [0.25, 0.3) is 0 Å². The molecule has 0 atom stereocenters. The summed E-state index contributed by atoms with van der Waals surface area (Å²) in [5.41, 5.74) is 0. The van der Waals surface area contributed by atoms with Gasteiger partial charge in [0.15, 0.2) is 13.2 Å². The highest BCUT2D eigenvalue weighted by atomic mass is 16.6. The molecule has 1 rings (SSSR count). The molecule has 0 fully saturated rings. The Hall–Kier alpha value is -2.77. The second-order valence-corrected chi connectivity index (χ2v) is 4.69. The Labute approximate surface area is 134 Å². The zero-order chi connectivity index (χ0) is 17.2. The van der Waals surface area contributed by atoms with Crippen LogP contribution in [0.2, 0.25) is 0 Å². The van der Waals surface area contributed by atoms with Gasteiger partial charge in [0.2, 0.25) is 5.91 Å². The predicted octanol–water partition coefficient (Wildman–Crippen LogP) is -0.178. The lowest BCUT2D eigenvalue weighted by atomic mass is 10.3. The van der Waals surface area contributed by atoms with Crippen molar-refractivity contribution in [1.29, 1.82) is 0 Å². The summed E-state index contributed by atoms with van der Waals surface area (Å²) < 4.78 is 14.9. The van der Waals surface area contributed by atoms with Crippen molar-refractivity contribution in [3.05, 3.63) is 24.3 Å². The summed E-state index contributed by atoms with van der Waals surface area (Å²) >= 11 is 0. The summed E-state index contributed by atoms with van der Waals surface area (Å²) in [6.45, 7) is -0.937. The van der Waals surface area contributed by atoms with Crippen molar-refractivity contribution in [2.45, 2.75) is 0 Å². The molecule has 0 saturated heterocycles. The average Bonchev–Trinajstić information content (AvgIpc) is 2.56. The number of amides is 2. The predicted molar refractivity (Wildman–Crippen MR) is 81.2 cm³/mol. The zero-order valence-corrected chi connectivity index (χ0v) is 13.3. The number of nitrogens with zero attached hydrogens (tertiary/aromatic N) is 1. The number of hydrogen-bond acceptors (Lipinski definition) is 6. The van der Waals surface area contributed by atoms with Crippen LogP contribution in [0.4, 0.5) is 0 Å². The Morgan fingerprint density at radius 3 is 2.22 bits per heavy atom. The van der Waals surface area contributed by atoms with Crippen LogP contribution in [0.5, 0.6) is 11.5 Å². The lowest BCUT2D eigenvalue weighted by Gasteiger charge is -2.11. The monoisotopic (exact) mass is 324 g/mol. The van der Waals surface area contributed by atoms with Gasteiger partial charge in [-0.3, -0.25) is 9.59 Å². The number of carbonyl (C=O) groups is 3. The van der Waals surface area contributed by atoms with E-state index in [4.69, 9.17) is 14.2 Å². The summed E-state index contributed by atoms with van der Waals surface area (Å²) in [5.74, 6) is -0.354. The smallest absolute Gasteiger partial charge is 0.344 e. The molecular weight excluding hydrogens is 304 g/mol. The van der Waals surface area contributed by atoms with E-state index in [9.17, 15) is 14.4 Å². The maximum Gasteiger partial charge on any atom is 0.344 e. The van der Waals surface area contributed by atoms with Gasteiger partial charge in [0, 0.05) is 14.1 Å². The fourth-order valence-corrected chi connectivity index (χ4v) is 1.39. The molecule has 1 aromatic rings. The highest BCUT2D eigenvalue weighted by Crippen LogP contribution is 2.16. The van der Waals surface area contributed by atoms with Gasteiger partial charge in [-0.05, 0) is 24.3 Å². The van der Waals surface area contributed by atoms with Gasteiger partial charge in [-0.25, -0.2) is 4.79 Å². The van der Waals surface area contributed by atoms with E-state index in [1.807, 2.05) is 0 Å². The SMILES string of the molecule is COc1ccc(OCC(=O)OCC(=O)NCC(=O)N(C)C)cc1. The quantitative estimate of drug-likeness (QED) is 0.667. The Balaban J connectivity index is 2.23. The molecule has 0 aliphatic heterocycles. The van der Waals surface area contributed by atoms with Gasteiger partial charge in [-0.15, -0.1) is 0 Å². The fraction of sp³-hybridized carbons (Fsp3) is 0.400. The molecule has 126 valence electrons. The summed E-state index contributed by atoms with van der Waals surface area (Å²) in [6.07, 6.45) is 0. The van der Waals surface area contributed by atoms with Crippen LogP contribution >= 0.6 is 0 Å². The molecule has 1 N–H and O–H groups in total. The fourth-order valence-electron chi connectivity index (χ4n) is 1.39. The van der Waals surface area contributed by atoms with Crippen LogP contribution in [0.3, 0.4) is 0 Å². The lowest BCUT2D eigenvalue weighted by molar-refractivity contribution is -0.150. The molecule has 0 aliphatic carbocycles. The third kappa shape index (κ3) is 7.16. The van der Waals surface area contributed by atoms with Crippen LogP contribution in [-0.4, -0.2) is 63.6 Å². The molecule has 0 spiro atoms. The van der Waals surface area contributed by atoms with Crippen molar-refractivity contribution in [2.24, 2.45) is 0 Å². The maximum absolute atomic E-state index is 11.5.